The second-order valence-electron chi connectivity index (χ2n) is 7.97. The van der Waals surface area contributed by atoms with Gasteiger partial charge in [-0.15, -0.1) is 0 Å². The largest absolute Gasteiger partial charge is 0.338 e. The van der Waals surface area contributed by atoms with Gasteiger partial charge in [0.2, 0.25) is 5.91 Å². The van der Waals surface area contributed by atoms with Gasteiger partial charge in [0, 0.05) is 30.0 Å². The normalized spacial score (nSPS) is 16.1. The molecule has 1 N–H and O–H groups in total. The van der Waals surface area contributed by atoms with Gasteiger partial charge in [0.1, 0.15) is 18.2 Å². The number of piperidine rings is 1. The van der Waals surface area contributed by atoms with E-state index in [9.17, 15) is 14.4 Å². The monoisotopic (exact) mass is 406 g/mol. The lowest BCUT2D eigenvalue weighted by atomic mass is 9.99. The molecule has 1 aromatic heterocycles. The van der Waals surface area contributed by atoms with Gasteiger partial charge in [-0.3, -0.25) is 14.4 Å². The van der Waals surface area contributed by atoms with E-state index in [1.54, 1.807) is 44.2 Å². The molecule has 0 radical (unpaired) electrons. The summed E-state index contributed by atoms with van der Waals surface area (Å²) in [6, 6.07) is 10.4. The van der Waals surface area contributed by atoms with Gasteiger partial charge in [-0.25, -0.2) is 0 Å². The number of nitrogens with one attached hydrogen (secondary N) is 1. The van der Waals surface area contributed by atoms with Crippen LogP contribution in [0.4, 0.5) is 5.69 Å². The lowest BCUT2D eigenvalue weighted by molar-refractivity contribution is -0.116. The van der Waals surface area contributed by atoms with Gasteiger partial charge in [0.15, 0.2) is 0 Å². The summed E-state index contributed by atoms with van der Waals surface area (Å²) in [5.41, 5.74) is 1.92. The van der Waals surface area contributed by atoms with Crippen molar-refractivity contribution in [3.05, 3.63) is 63.1 Å². The van der Waals surface area contributed by atoms with Crippen LogP contribution >= 0.6 is 0 Å². The lowest BCUT2D eigenvalue weighted by Gasteiger charge is -2.31. The van der Waals surface area contributed by atoms with Crippen molar-refractivity contribution in [2.45, 2.75) is 40.2 Å². The number of carbonyl (C=O) groups is 2. The molecule has 1 atom stereocenters. The molecule has 30 heavy (non-hydrogen) atoms. The molecule has 1 fully saturated rings. The first-order valence-corrected chi connectivity index (χ1v) is 10.1. The molecule has 1 aliphatic rings. The van der Waals surface area contributed by atoms with Crippen molar-refractivity contribution >= 4 is 17.5 Å². The van der Waals surface area contributed by atoms with Gasteiger partial charge < -0.3 is 14.8 Å². The fourth-order valence-electron chi connectivity index (χ4n) is 3.86. The average molecular weight is 406 g/mol. The summed E-state index contributed by atoms with van der Waals surface area (Å²) in [7, 11) is 0. The minimum Gasteiger partial charge on any atom is -0.338 e. The van der Waals surface area contributed by atoms with E-state index < -0.39 is 5.56 Å². The van der Waals surface area contributed by atoms with E-state index in [0.29, 0.717) is 28.4 Å². The minimum absolute atomic E-state index is 0.00490. The van der Waals surface area contributed by atoms with Gasteiger partial charge in [0.05, 0.1) is 0 Å². The maximum absolute atomic E-state index is 12.7. The van der Waals surface area contributed by atoms with E-state index in [2.05, 4.69) is 12.2 Å². The third kappa shape index (κ3) is 4.60. The third-order valence-corrected chi connectivity index (χ3v) is 5.48. The van der Waals surface area contributed by atoms with Gasteiger partial charge in [-0.2, -0.15) is 5.26 Å². The van der Waals surface area contributed by atoms with E-state index in [-0.39, 0.29) is 23.9 Å². The molecule has 0 spiro atoms. The Morgan fingerprint density at radius 3 is 2.57 bits per heavy atom. The molecule has 0 bridgehead atoms. The quantitative estimate of drug-likeness (QED) is 0.845. The fourth-order valence-corrected chi connectivity index (χ4v) is 3.86. The van der Waals surface area contributed by atoms with Crippen LogP contribution in [-0.4, -0.2) is 34.4 Å². The highest BCUT2D eigenvalue weighted by atomic mass is 16.2. The number of pyridine rings is 1. The Bertz CT molecular complexity index is 1060. The highest BCUT2D eigenvalue weighted by Gasteiger charge is 2.22. The number of amides is 2. The van der Waals surface area contributed by atoms with Crippen LogP contribution in [0, 0.1) is 31.1 Å². The number of carbonyl (C=O) groups excluding carboxylic acids is 2. The number of benzene rings is 1. The van der Waals surface area contributed by atoms with Crippen molar-refractivity contribution in [2.75, 3.05) is 18.4 Å². The molecule has 2 heterocycles. The lowest BCUT2D eigenvalue weighted by Crippen LogP contribution is -2.39. The summed E-state index contributed by atoms with van der Waals surface area (Å²) < 4.78 is 1.29. The van der Waals surface area contributed by atoms with Crippen molar-refractivity contribution in [2.24, 2.45) is 5.92 Å². The Morgan fingerprint density at radius 1 is 1.23 bits per heavy atom. The minimum atomic E-state index is -0.471. The van der Waals surface area contributed by atoms with Crippen molar-refractivity contribution < 1.29 is 9.59 Å². The maximum Gasteiger partial charge on any atom is 0.269 e. The molecule has 2 amide bonds. The van der Waals surface area contributed by atoms with Crippen LogP contribution < -0.4 is 10.9 Å². The average Bonchev–Trinajstić information content (AvgIpc) is 2.71. The predicted octanol–water partition coefficient (Wildman–Crippen LogP) is 2.85. The molecule has 0 saturated carbocycles. The number of hydrogen-bond donors (Lipinski definition) is 1. The zero-order chi connectivity index (χ0) is 21.8. The van der Waals surface area contributed by atoms with Crippen LogP contribution in [0.2, 0.25) is 0 Å². The number of likely N-dealkylation sites (tertiary alicyclic amines) is 1. The molecule has 156 valence electrons. The number of anilines is 1. The zero-order valence-corrected chi connectivity index (χ0v) is 17.6. The van der Waals surface area contributed by atoms with Crippen LogP contribution in [0.15, 0.2) is 35.1 Å². The zero-order valence-electron chi connectivity index (χ0n) is 17.6. The van der Waals surface area contributed by atoms with E-state index >= 15 is 0 Å². The molecule has 3 rings (SSSR count). The van der Waals surface area contributed by atoms with E-state index in [1.807, 2.05) is 11.0 Å². The molecule has 1 aliphatic heterocycles. The smallest absolute Gasteiger partial charge is 0.269 e. The molecule has 0 aliphatic carbocycles. The van der Waals surface area contributed by atoms with Gasteiger partial charge in [-0.05, 0) is 68.5 Å². The summed E-state index contributed by atoms with van der Waals surface area (Å²) in [6.07, 6.45) is 2.17. The molecular formula is C23H26N4O3. The highest BCUT2D eigenvalue weighted by molar-refractivity contribution is 5.95. The van der Waals surface area contributed by atoms with Gasteiger partial charge in [0.25, 0.3) is 11.5 Å². The molecular weight excluding hydrogens is 380 g/mol. The van der Waals surface area contributed by atoms with Crippen molar-refractivity contribution in [1.29, 1.82) is 5.26 Å². The standard InChI is InChI=1S/C23H26N4O3/c1-15-5-4-10-26(13-15)22(29)18-6-8-19(9-7-18)25-21(28)14-27-17(3)11-16(2)20(12-24)23(27)30/h6-9,11,15H,4-5,10,13-14H2,1-3H3,(H,25,28)/t15-/m1/s1. The van der Waals surface area contributed by atoms with Crippen LogP contribution in [0.1, 0.15) is 46.9 Å². The molecule has 2 aromatic rings. The van der Waals surface area contributed by atoms with Crippen molar-refractivity contribution in [3.8, 4) is 6.07 Å². The van der Waals surface area contributed by atoms with Crippen LogP contribution in [0.3, 0.4) is 0 Å². The second kappa shape index (κ2) is 8.95. The Labute approximate surface area is 175 Å². The molecule has 7 heteroatoms. The fraction of sp³-hybridized carbons (Fsp3) is 0.391. The Hall–Kier alpha value is -3.40. The first kappa shape index (κ1) is 21.3. The van der Waals surface area contributed by atoms with E-state index in [4.69, 9.17) is 5.26 Å². The first-order valence-electron chi connectivity index (χ1n) is 10.1. The van der Waals surface area contributed by atoms with Gasteiger partial charge >= 0.3 is 0 Å². The maximum atomic E-state index is 12.7. The summed E-state index contributed by atoms with van der Waals surface area (Å²) in [6.45, 7) is 6.93. The molecule has 1 aromatic carbocycles. The number of aromatic nitrogens is 1. The van der Waals surface area contributed by atoms with E-state index in [1.165, 1.54) is 4.57 Å². The first-order chi connectivity index (χ1) is 14.3. The molecule has 1 saturated heterocycles. The predicted molar refractivity (Wildman–Crippen MR) is 114 cm³/mol. The van der Waals surface area contributed by atoms with Crippen LogP contribution in [0.5, 0.6) is 0 Å². The third-order valence-electron chi connectivity index (χ3n) is 5.48. The summed E-state index contributed by atoms with van der Waals surface area (Å²) >= 11 is 0. The summed E-state index contributed by atoms with van der Waals surface area (Å²) in [4.78, 5) is 39.4. The molecule has 7 nitrogen and oxygen atoms in total. The van der Waals surface area contributed by atoms with Crippen molar-refractivity contribution in [1.82, 2.24) is 9.47 Å². The number of aryl methyl sites for hydroxylation is 2. The van der Waals surface area contributed by atoms with E-state index in [0.717, 1.165) is 25.9 Å². The topological polar surface area (TPSA) is 95.2 Å². The van der Waals surface area contributed by atoms with Gasteiger partial charge in [-0.1, -0.05) is 6.92 Å². The second-order valence-corrected chi connectivity index (χ2v) is 7.97. The highest BCUT2D eigenvalue weighted by Crippen LogP contribution is 2.19. The van der Waals surface area contributed by atoms with Crippen LogP contribution in [-0.2, 0) is 11.3 Å². The number of nitriles is 1. The Morgan fingerprint density at radius 2 is 1.93 bits per heavy atom. The number of rotatable bonds is 4. The summed E-state index contributed by atoms with van der Waals surface area (Å²) in [5, 5.41) is 11.9. The van der Waals surface area contributed by atoms with Crippen molar-refractivity contribution in [3.63, 3.8) is 0 Å². The summed E-state index contributed by atoms with van der Waals surface area (Å²) in [5.74, 6) is 0.138. The number of hydrogen-bond acceptors (Lipinski definition) is 4. The Balaban J connectivity index is 1.68. The number of nitrogens with zero attached hydrogens (tertiary/aromatic N) is 3. The Kier molecular flexibility index (Phi) is 6.36. The van der Waals surface area contributed by atoms with Crippen LogP contribution in [0.25, 0.3) is 0 Å². The SMILES string of the molecule is Cc1cc(C)n(CC(=O)Nc2ccc(C(=O)N3CCC[C@@H](C)C3)cc2)c(=O)c1C#N. The molecule has 0 unspecified atom stereocenters.